The van der Waals surface area contributed by atoms with Crippen LogP contribution >= 0.6 is 11.6 Å². The van der Waals surface area contributed by atoms with E-state index in [1.807, 2.05) is 24.3 Å². The van der Waals surface area contributed by atoms with Crippen LogP contribution in [0.25, 0.3) is 0 Å². The summed E-state index contributed by atoms with van der Waals surface area (Å²) in [5.74, 6) is -1.05. The predicted molar refractivity (Wildman–Crippen MR) is 121 cm³/mol. The highest BCUT2D eigenvalue weighted by molar-refractivity contribution is 7.94. The third-order valence-corrected chi connectivity index (χ3v) is 7.56. The van der Waals surface area contributed by atoms with Gasteiger partial charge in [-0.2, -0.15) is 0 Å². The van der Waals surface area contributed by atoms with Crippen LogP contribution in [-0.2, 0) is 19.6 Å². The molecular weight excluding hydrogens is 454 g/mol. The van der Waals surface area contributed by atoms with E-state index in [2.05, 4.69) is 10.2 Å². The van der Waals surface area contributed by atoms with E-state index >= 15 is 0 Å². The van der Waals surface area contributed by atoms with Crippen LogP contribution in [-0.4, -0.2) is 63.7 Å². The van der Waals surface area contributed by atoms with Gasteiger partial charge in [0, 0.05) is 36.6 Å². The Morgan fingerprint density at radius 2 is 1.84 bits per heavy atom. The van der Waals surface area contributed by atoms with Crippen LogP contribution < -0.4 is 9.62 Å². The summed E-state index contributed by atoms with van der Waals surface area (Å²) in [6.07, 6.45) is -0.0545. The minimum atomic E-state index is -3.69. The minimum absolute atomic E-state index is 0.0545. The molecule has 2 aromatic carbocycles. The van der Waals surface area contributed by atoms with Gasteiger partial charge in [0.15, 0.2) is 0 Å². The van der Waals surface area contributed by atoms with Gasteiger partial charge in [-0.05, 0) is 35.9 Å². The van der Waals surface area contributed by atoms with Gasteiger partial charge in [0.1, 0.15) is 0 Å². The summed E-state index contributed by atoms with van der Waals surface area (Å²) in [4.78, 5) is 27.2. The number of nitrogens with zero attached hydrogens (tertiary/aromatic N) is 2. The molecule has 0 aliphatic carbocycles. The monoisotopic (exact) mass is 477 g/mol. The van der Waals surface area contributed by atoms with E-state index in [0.717, 1.165) is 23.0 Å². The van der Waals surface area contributed by atoms with E-state index in [4.69, 9.17) is 16.3 Å². The van der Waals surface area contributed by atoms with Gasteiger partial charge in [-0.3, -0.25) is 14.5 Å². The second kappa shape index (κ2) is 9.58. The Kier molecular flexibility index (Phi) is 6.80. The Bertz CT molecular complexity index is 1100. The first-order chi connectivity index (χ1) is 15.3. The molecule has 0 radical (unpaired) electrons. The maximum Gasteiger partial charge on any atom is 0.251 e. The van der Waals surface area contributed by atoms with E-state index in [1.54, 1.807) is 12.1 Å². The van der Waals surface area contributed by atoms with E-state index in [0.29, 0.717) is 24.8 Å². The fourth-order valence-electron chi connectivity index (χ4n) is 3.97. The number of carbonyl (C=O) groups is 2. The maximum atomic E-state index is 12.9. The highest BCUT2D eigenvalue weighted by Crippen LogP contribution is 2.26. The molecule has 1 N–H and O–H groups in total. The first-order valence-electron chi connectivity index (χ1n) is 10.4. The van der Waals surface area contributed by atoms with Gasteiger partial charge < -0.3 is 10.1 Å². The molecule has 0 unspecified atom stereocenters. The average molecular weight is 478 g/mol. The molecule has 0 bridgehead atoms. The van der Waals surface area contributed by atoms with Gasteiger partial charge in [-0.1, -0.05) is 29.8 Å². The van der Waals surface area contributed by atoms with Crippen molar-refractivity contribution in [2.24, 2.45) is 0 Å². The molecule has 2 fully saturated rings. The second-order valence-corrected chi connectivity index (χ2v) is 10.1. The Morgan fingerprint density at radius 1 is 1.12 bits per heavy atom. The highest BCUT2D eigenvalue weighted by atomic mass is 35.5. The molecule has 1 atom stereocenters. The smallest absolute Gasteiger partial charge is 0.251 e. The molecule has 2 aliphatic heterocycles. The topological polar surface area (TPSA) is 96.0 Å². The van der Waals surface area contributed by atoms with Crippen LogP contribution in [0.1, 0.15) is 28.4 Å². The highest BCUT2D eigenvalue weighted by Gasteiger charge is 2.36. The zero-order valence-electron chi connectivity index (χ0n) is 17.4. The van der Waals surface area contributed by atoms with E-state index in [-0.39, 0.29) is 35.4 Å². The summed E-state index contributed by atoms with van der Waals surface area (Å²) in [5.41, 5.74) is 1.50. The quantitative estimate of drug-likeness (QED) is 0.685. The number of benzene rings is 2. The Balaban J connectivity index is 1.51. The van der Waals surface area contributed by atoms with Gasteiger partial charge in [0.25, 0.3) is 5.91 Å². The van der Waals surface area contributed by atoms with Gasteiger partial charge >= 0.3 is 0 Å². The van der Waals surface area contributed by atoms with Crippen LogP contribution in [0.2, 0.25) is 5.02 Å². The maximum absolute atomic E-state index is 12.9. The number of morpholine rings is 1. The van der Waals surface area contributed by atoms with Crippen LogP contribution in [0.4, 0.5) is 5.69 Å². The number of nitrogens with one attached hydrogen (secondary N) is 1. The Morgan fingerprint density at radius 3 is 2.50 bits per heavy atom. The molecule has 0 spiro atoms. The largest absolute Gasteiger partial charge is 0.379 e. The fraction of sp³-hybridized carbons (Fsp3) is 0.364. The minimum Gasteiger partial charge on any atom is -0.379 e. The van der Waals surface area contributed by atoms with Gasteiger partial charge in [0.2, 0.25) is 15.9 Å². The number of hydrogen-bond donors (Lipinski definition) is 1. The first kappa shape index (κ1) is 22.7. The number of hydrogen-bond acceptors (Lipinski definition) is 6. The molecule has 10 heteroatoms. The molecule has 2 heterocycles. The molecule has 2 amide bonds. The lowest BCUT2D eigenvalue weighted by Gasteiger charge is -2.35. The van der Waals surface area contributed by atoms with E-state index < -0.39 is 15.9 Å². The number of ether oxygens (including phenoxy) is 1. The second-order valence-electron chi connectivity index (χ2n) is 7.70. The third kappa shape index (κ3) is 4.96. The summed E-state index contributed by atoms with van der Waals surface area (Å²) in [6.45, 7) is 3.09. The molecule has 4 rings (SSSR count). The normalized spacial score (nSPS) is 19.7. The van der Waals surface area contributed by atoms with Crippen molar-refractivity contribution in [1.82, 2.24) is 10.2 Å². The predicted octanol–water partition coefficient (Wildman–Crippen LogP) is 2.21. The molecule has 2 aliphatic rings. The number of carbonyl (C=O) groups excluding carboxylic acids is 2. The molecule has 0 saturated carbocycles. The van der Waals surface area contributed by atoms with Crippen molar-refractivity contribution in [2.75, 3.05) is 42.9 Å². The fourth-order valence-corrected chi connectivity index (χ4v) is 5.54. The zero-order valence-corrected chi connectivity index (χ0v) is 18.9. The van der Waals surface area contributed by atoms with Gasteiger partial charge in [0.05, 0.1) is 30.7 Å². The van der Waals surface area contributed by atoms with Crippen molar-refractivity contribution >= 4 is 39.1 Å². The standard InChI is InChI=1S/C22H24ClN3O5S/c23-18-6-4-16(5-7-18)20(25-9-11-31-12-10-25)15-24-22(28)17-2-1-3-19(14-17)26-21(27)8-13-32(26,29)30/h1-7,14,20H,8-13,15H2,(H,24,28)/t20-/m1/s1. The number of anilines is 1. The SMILES string of the molecule is O=C(NC[C@H](c1ccc(Cl)cc1)N1CCOCC1)c1cccc(N2C(=O)CCS2(=O)=O)c1. The molecule has 170 valence electrons. The lowest BCUT2D eigenvalue weighted by atomic mass is 10.0. The van der Waals surface area contributed by atoms with Crippen molar-refractivity contribution in [3.05, 3.63) is 64.7 Å². The lowest BCUT2D eigenvalue weighted by Crippen LogP contribution is -2.43. The summed E-state index contributed by atoms with van der Waals surface area (Å²) < 4.78 is 30.6. The Labute approximate surface area is 192 Å². The van der Waals surface area contributed by atoms with Crippen molar-refractivity contribution in [1.29, 1.82) is 0 Å². The number of halogens is 1. The van der Waals surface area contributed by atoms with Crippen molar-refractivity contribution < 1.29 is 22.7 Å². The summed E-state index contributed by atoms with van der Waals surface area (Å²) in [7, 11) is -3.69. The summed E-state index contributed by atoms with van der Waals surface area (Å²) in [6, 6.07) is 13.6. The molecule has 0 aromatic heterocycles. The lowest BCUT2D eigenvalue weighted by molar-refractivity contribution is -0.116. The molecule has 2 aromatic rings. The van der Waals surface area contributed by atoms with Crippen LogP contribution in [0.5, 0.6) is 0 Å². The molecule has 32 heavy (non-hydrogen) atoms. The first-order valence-corrected chi connectivity index (χ1v) is 12.4. The van der Waals surface area contributed by atoms with Gasteiger partial charge in [-0.15, -0.1) is 0 Å². The van der Waals surface area contributed by atoms with E-state index in [9.17, 15) is 18.0 Å². The number of sulfonamides is 1. The van der Waals surface area contributed by atoms with Crippen molar-refractivity contribution in [2.45, 2.75) is 12.5 Å². The number of rotatable bonds is 6. The average Bonchev–Trinajstić information content (AvgIpc) is 3.07. The van der Waals surface area contributed by atoms with Crippen molar-refractivity contribution in [3.63, 3.8) is 0 Å². The summed E-state index contributed by atoms with van der Waals surface area (Å²) in [5, 5.41) is 3.59. The van der Waals surface area contributed by atoms with E-state index in [1.165, 1.54) is 12.1 Å². The van der Waals surface area contributed by atoms with Gasteiger partial charge in [-0.25, -0.2) is 12.7 Å². The van der Waals surface area contributed by atoms with Crippen molar-refractivity contribution in [3.8, 4) is 0 Å². The Hall–Kier alpha value is -2.46. The van der Waals surface area contributed by atoms with Crippen LogP contribution in [0, 0.1) is 0 Å². The molecule has 2 saturated heterocycles. The zero-order chi connectivity index (χ0) is 22.7. The van der Waals surface area contributed by atoms with Crippen LogP contribution in [0.3, 0.4) is 0 Å². The van der Waals surface area contributed by atoms with Crippen LogP contribution in [0.15, 0.2) is 48.5 Å². The molecule has 8 nitrogen and oxygen atoms in total. The molecular formula is C22H24ClN3O5S. The summed E-state index contributed by atoms with van der Waals surface area (Å²) >= 11 is 6.03. The number of amides is 2. The third-order valence-electron chi connectivity index (χ3n) is 5.62.